The van der Waals surface area contributed by atoms with E-state index >= 15 is 0 Å². The fourth-order valence-electron chi connectivity index (χ4n) is 4.58. The molecule has 0 aromatic heterocycles. The van der Waals surface area contributed by atoms with Gasteiger partial charge in [0, 0.05) is 41.6 Å². The Hall–Kier alpha value is -2.88. The van der Waals surface area contributed by atoms with Crippen LogP contribution in [0.5, 0.6) is 11.5 Å². The first-order chi connectivity index (χ1) is 17.3. The highest BCUT2D eigenvalue weighted by atomic mass is 35.5. The molecule has 0 saturated carbocycles. The van der Waals surface area contributed by atoms with Crippen LogP contribution >= 0.6 is 11.6 Å². The molecule has 0 bridgehead atoms. The molecule has 37 heavy (non-hydrogen) atoms. The van der Waals surface area contributed by atoms with Crippen molar-refractivity contribution in [3.8, 4) is 11.5 Å². The lowest BCUT2D eigenvalue weighted by atomic mass is 9.96. The molecule has 1 aliphatic rings. The van der Waals surface area contributed by atoms with E-state index in [4.69, 9.17) is 26.8 Å². The highest BCUT2D eigenvalue weighted by Crippen LogP contribution is 2.40. The number of ether oxygens (including phenoxy) is 2. The molecule has 3 aromatic carbocycles. The molecule has 1 aliphatic heterocycles. The van der Waals surface area contributed by atoms with Crippen LogP contribution in [-0.4, -0.2) is 26.3 Å². The van der Waals surface area contributed by atoms with Crippen LogP contribution in [0.15, 0.2) is 59.5 Å². The third kappa shape index (κ3) is 5.84. The van der Waals surface area contributed by atoms with E-state index in [0.717, 1.165) is 12.1 Å². The highest BCUT2D eigenvalue weighted by Gasteiger charge is 2.35. The predicted octanol–water partition coefficient (Wildman–Crippen LogP) is 6.04. The number of fused-ring (bicyclic) bond motifs is 1. The zero-order chi connectivity index (χ0) is 27.1. The van der Waals surface area contributed by atoms with Crippen molar-refractivity contribution in [3.05, 3.63) is 82.4 Å². The Kier molecular flexibility index (Phi) is 7.43. The van der Waals surface area contributed by atoms with Crippen molar-refractivity contribution in [3.63, 3.8) is 0 Å². The highest BCUT2D eigenvalue weighted by molar-refractivity contribution is 7.92. The second-order valence-corrected chi connectivity index (χ2v) is 12.2. The monoisotopic (exact) mass is 550 g/mol. The number of hydrogen-bond donors (Lipinski definition) is 1. The van der Waals surface area contributed by atoms with Gasteiger partial charge in [-0.25, -0.2) is 17.2 Å². The Morgan fingerprint density at radius 1 is 1.05 bits per heavy atom. The van der Waals surface area contributed by atoms with Gasteiger partial charge in [-0.15, -0.1) is 0 Å². The molecule has 0 radical (unpaired) electrons. The molecule has 0 saturated heterocycles. The number of benzene rings is 3. The van der Waals surface area contributed by atoms with Gasteiger partial charge in [0.1, 0.15) is 11.6 Å². The second kappa shape index (κ2) is 10.1. The predicted molar refractivity (Wildman–Crippen MR) is 140 cm³/mol. The standard InChI is InChI=1S/C27H29ClF2N2O4S/c1-16(15-27(3,4)31)32(37(33,34)20-9-11-25-26(14-20)36-17(2)35-25)24-10-8-19(28)12-18(24)13-21-22(29)6-5-7-23(21)30/h5-12,14,16-17H,13,15,31H2,1-4H3. The van der Waals surface area contributed by atoms with Crippen molar-refractivity contribution in [2.45, 2.75) is 63.3 Å². The molecule has 2 unspecified atom stereocenters. The number of nitrogens with zero attached hydrogens (tertiary/aromatic N) is 1. The van der Waals surface area contributed by atoms with Crippen molar-refractivity contribution in [1.29, 1.82) is 0 Å². The smallest absolute Gasteiger partial charge is 0.264 e. The lowest BCUT2D eigenvalue weighted by Gasteiger charge is -2.35. The second-order valence-electron chi connectivity index (χ2n) is 9.90. The Balaban J connectivity index is 1.87. The quantitative estimate of drug-likeness (QED) is 0.370. The van der Waals surface area contributed by atoms with Crippen molar-refractivity contribution >= 4 is 27.3 Å². The third-order valence-electron chi connectivity index (χ3n) is 5.99. The summed E-state index contributed by atoms with van der Waals surface area (Å²) >= 11 is 6.26. The van der Waals surface area contributed by atoms with Crippen molar-refractivity contribution in [2.24, 2.45) is 5.73 Å². The summed E-state index contributed by atoms with van der Waals surface area (Å²) in [5, 5.41) is 0.303. The van der Waals surface area contributed by atoms with Crippen LogP contribution in [0.3, 0.4) is 0 Å². The minimum Gasteiger partial charge on any atom is -0.451 e. The summed E-state index contributed by atoms with van der Waals surface area (Å²) in [5.41, 5.74) is 5.96. The molecule has 198 valence electrons. The van der Waals surface area contributed by atoms with Gasteiger partial charge in [-0.2, -0.15) is 0 Å². The Bertz CT molecular complexity index is 1410. The largest absolute Gasteiger partial charge is 0.451 e. The van der Waals surface area contributed by atoms with E-state index in [9.17, 15) is 17.2 Å². The molecule has 0 amide bonds. The van der Waals surface area contributed by atoms with Crippen molar-refractivity contribution < 1.29 is 26.7 Å². The van der Waals surface area contributed by atoms with E-state index in [0.29, 0.717) is 28.5 Å². The zero-order valence-electron chi connectivity index (χ0n) is 21.0. The van der Waals surface area contributed by atoms with Crippen LogP contribution in [0.4, 0.5) is 14.5 Å². The molecule has 1 heterocycles. The van der Waals surface area contributed by atoms with Crippen LogP contribution in [0.2, 0.25) is 5.02 Å². The SMILES string of the molecule is CC1Oc2ccc(S(=O)(=O)N(c3ccc(Cl)cc3Cc3c(F)cccc3F)C(C)CC(C)(C)N)cc2O1. The van der Waals surface area contributed by atoms with E-state index < -0.39 is 39.5 Å². The molecular weight excluding hydrogens is 522 g/mol. The molecule has 3 aromatic rings. The van der Waals surface area contributed by atoms with Gasteiger partial charge in [-0.1, -0.05) is 17.7 Å². The number of halogens is 3. The van der Waals surface area contributed by atoms with Crippen molar-refractivity contribution in [2.75, 3.05) is 4.31 Å². The van der Waals surface area contributed by atoms with Gasteiger partial charge in [-0.05, 0) is 75.2 Å². The Morgan fingerprint density at radius 3 is 2.35 bits per heavy atom. The molecule has 6 nitrogen and oxygen atoms in total. The third-order valence-corrected chi connectivity index (χ3v) is 8.15. The molecule has 0 fully saturated rings. The Labute approximate surface area is 221 Å². The van der Waals surface area contributed by atoms with Gasteiger partial charge in [0.2, 0.25) is 6.29 Å². The van der Waals surface area contributed by atoms with Crippen LogP contribution in [0.1, 0.15) is 45.2 Å². The summed E-state index contributed by atoms with van der Waals surface area (Å²) in [7, 11) is -4.20. The lowest BCUT2D eigenvalue weighted by Crippen LogP contribution is -2.45. The average molecular weight is 551 g/mol. The summed E-state index contributed by atoms with van der Waals surface area (Å²) in [4.78, 5) is -0.0244. The topological polar surface area (TPSA) is 81.9 Å². The van der Waals surface area contributed by atoms with E-state index in [1.165, 1.54) is 28.6 Å². The molecule has 0 aliphatic carbocycles. The first-order valence-electron chi connectivity index (χ1n) is 11.8. The van der Waals surface area contributed by atoms with Crippen molar-refractivity contribution in [1.82, 2.24) is 0 Å². The Morgan fingerprint density at radius 2 is 1.70 bits per heavy atom. The van der Waals surface area contributed by atoms with Gasteiger partial charge >= 0.3 is 0 Å². The normalized spacial score (nSPS) is 16.1. The average Bonchev–Trinajstić information content (AvgIpc) is 3.16. The van der Waals surface area contributed by atoms with Gasteiger partial charge in [0.05, 0.1) is 10.6 Å². The number of rotatable bonds is 8. The van der Waals surface area contributed by atoms with Crippen LogP contribution in [0.25, 0.3) is 0 Å². The van der Waals surface area contributed by atoms with Crippen LogP contribution in [-0.2, 0) is 16.4 Å². The fourth-order valence-corrected chi connectivity index (χ4v) is 6.49. The molecule has 4 rings (SSSR count). The number of sulfonamides is 1. The van der Waals surface area contributed by atoms with Gasteiger partial charge in [-0.3, -0.25) is 4.31 Å². The summed E-state index contributed by atoms with van der Waals surface area (Å²) in [6.45, 7) is 7.04. The first-order valence-corrected chi connectivity index (χ1v) is 13.6. The molecule has 2 atom stereocenters. The minimum atomic E-state index is -4.20. The maximum atomic E-state index is 14.6. The number of hydrogen-bond acceptors (Lipinski definition) is 5. The lowest BCUT2D eigenvalue weighted by molar-refractivity contribution is 0.0678. The maximum Gasteiger partial charge on any atom is 0.264 e. The fraction of sp³-hybridized carbons (Fsp3) is 0.333. The number of anilines is 1. The molecule has 0 spiro atoms. The van der Waals surface area contributed by atoms with E-state index in [1.54, 1.807) is 45.9 Å². The maximum absolute atomic E-state index is 14.6. The molecule has 10 heteroatoms. The molecular formula is C27H29ClF2N2O4S. The molecule has 2 N–H and O–H groups in total. The van der Waals surface area contributed by atoms with Crippen LogP contribution in [0, 0.1) is 11.6 Å². The van der Waals surface area contributed by atoms with E-state index in [1.807, 2.05) is 0 Å². The summed E-state index contributed by atoms with van der Waals surface area (Å²) < 4.78 is 69.8. The summed E-state index contributed by atoms with van der Waals surface area (Å²) in [6.07, 6.45) is -0.457. The zero-order valence-corrected chi connectivity index (χ0v) is 22.5. The van der Waals surface area contributed by atoms with E-state index in [-0.39, 0.29) is 22.6 Å². The van der Waals surface area contributed by atoms with Gasteiger partial charge in [0.15, 0.2) is 11.5 Å². The summed E-state index contributed by atoms with van der Waals surface area (Å²) in [5.74, 6) is -0.718. The van der Waals surface area contributed by atoms with E-state index in [2.05, 4.69) is 0 Å². The minimum absolute atomic E-state index is 0.0244. The number of nitrogens with two attached hydrogens (primary N) is 1. The summed E-state index contributed by atoms with van der Waals surface area (Å²) in [6, 6.07) is 12.0. The van der Waals surface area contributed by atoms with Gasteiger partial charge in [0.25, 0.3) is 10.0 Å². The first kappa shape index (κ1) is 27.2. The van der Waals surface area contributed by atoms with Gasteiger partial charge < -0.3 is 15.2 Å². The van der Waals surface area contributed by atoms with Crippen LogP contribution < -0.4 is 19.5 Å².